The van der Waals surface area contributed by atoms with Gasteiger partial charge in [-0.25, -0.2) is 4.98 Å². The molecule has 0 amide bonds. The summed E-state index contributed by atoms with van der Waals surface area (Å²) >= 11 is 3.12. The highest BCUT2D eigenvalue weighted by Gasteiger charge is 2.19. The molecule has 0 atom stereocenters. The normalized spacial score (nSPS) is 11.5. The van der Waals surface area contributed by atoms with Crippen LogP contribution in [0.25, 0.3) is 0 Å². The van der Waals surface area contributed by atoms with Crippen LogP contribution >= 0.6 is 15.9 Å². The van der Waals surface area contributed by atoms with Crippen molar-refractivity contribution in [3.05, 3.63) is 34.7 Å². The second-order valence-electron chi connectivity index (χ2n) is 3.79. The number of imidazole rings is 1. The van der Waals surface area contributed by atoms with Crippen LogP contribution in [0.1, 0.15) is 12.7 Å². The lowest BCUT2D eigenvalue weighted by Crippen LogP contribution is -2.13. The second kappa shape index (κ2) is 5.22. The summed E-state index contributed by atoms with van der Waals surface area (Å²) in [5, 5.41) is 9.72. The van der Waals surface area contributed by atoms with Gasteiger partial charge in [-0.3, -0.25) is 4.72 Å². The van der Waals surface area contributed by atoms with E-state index in [1.807, 2.05) is 6.92 Å². The fourth-order valence-corrected chi connectivity index (χ4v) is 2.83. The van der Waals surface area contributed by atoms with Crippen LogP contribution in [0.3, 0.4) is 0 Å². The minimum atomic E-state index is -3.79. The van der Waals surface area contributed by atoms with E-state index in [2.05, 4.69) is 30.6 Å². The maximum Gasteiger partial charge on any atom is 0.279 e. The van der Waals surface area contributed by atoms with Gasteiger partial charge in [0.05, 0.1) is 16.4 Å². The number of nitrogens with one attached hydrogen (secondary N) is 2. The van der Waals surface area contributed by atoms with Gasteiger partial charge in [-0.05, 0) is 28.1 Å². The van der Waals surface area contributed by atoms with Crippen LogP contribution in [0.4, 0.5) is 5.69 Å². The molecule has 1 heterocycles. The average molecular weight is 346 g/mol. The van der Waals surface area contributed by atoms with Crippen molar-refractivity contribution in [1.82, 2.24) is 9.97 Å². The Kier molecular flexibility index (Phi) is 3.81. The zero-order valence-electron chi connectivity index (χ0n) is 10.0. The molecule has 1 aromatic heterocycles. The molecule has 0 radical (unpaired) electrons. The number of hydrogen-bond acceptors (Lipinski definition) is 4. The lowest BCUT2D eigenvalue weighted by atomic mass is 10.3. The van der Waals surface area contributed by atoms with Gasteiger partial charge >= 0.3 is 0 Å². The predicted molar refractivity (Wildman–Crippen MR) is 74.6 cm³/mol. The van der Waals surface area contributed by atoms with Crippen LogP contribution in [-0.4, -0.2) is 23.5 Å². The molecule has 0 spiro atoms. The Morgan fingerprint density at radius 1 is 1.47 bits per heavy atom. The Balaban J connectivity index is 2.33. The van der Waals surface area contributed by atoms with Gasteiger partial charge in [0.1, 0.15) is 5.82 Å². The number of benzene rings is 1. The molecule has 6 nitrogen and oxygen atoms in total. The van der Waals surface area contributed by atoms with E-state index in [0.29, 0.717) is 16.7 Å². The molecule has 102 valence electrons. The molecule has 3 N–H and O–H groups in total. The second-order valence-corrected chi connectivity index (χ2v) is 6.29. The topological polar surface area (TPSA) is 95.1 Å². The van der Waals surface area contributed by atoms with Crippen LogP contribution in [0.2, 0.25) is 0 Å². The van der Waals surface area contributed by atoms with Crippen molar-refractivity contribution >= 4 is 31.6 Å². The molecule has 0 unspecified atom stereocenters. The third kappa shape index (κ3) is 2.90. The molecule has 0 saturated heterocycles. The first-order valence-electron chi connectivity index (χ1n) is 5.48. The summed E-state index contributed by atoms with van der Waals surface area (Å²) in [7, 11) is -3.79. The number of nitrogens with zero attached hydrogens (tertiary/aromatic N) is 1. The van der Waals surface area contributed by atoms with Gasteiger partial charge in [0.25, 0.3) is 10.0 Å². The van der Waals surface area contributed by atoms with Crippen molar-refractivity contribution < 1.29 is 13.5 Å². The average Bonchev–Trinajstić information content (AvgIpc) is 2.84. The monoisotopic (exact) mass is 345 g/mol. The Bertz CT molecular complexity index is 697. The number of sulfonamides is 1. The van der Waals surface area contributed by atoms with E-state index in [1.165, 1.54) is 12.3 Å². The molecular weight excluding hydrogens is 334 g/mol. The SMILES string of the molecule is CCc1ncc(S(=O)(=O)Nc2cccc(Br)c2O)[nH]1. The van der Waals surface area contributed by atoms with Gasteiger partial charge in [-0.1, -0.05) is 13.0 Å². The number of halogens is 1. The fourth-order valence-electron chi connectivity index (χ4n) is 1.46. The minimum Gasteiger partial charge on any atom is -0.505 e. The zero-order valence-corrected chi connectivity index (χ0v) is 12.4. The molecule has 0 bridgehead atoms. The van der Waals surface area contributed by atoms with Crippen LogP contribution in [0, 0.1) is 0 Å². The molecule has 19 heavy (non-hydrogen) atoms. The molecule has 0 aliphatic carbocycles. The molecule has 0 fully saturated rings. The Morgan fingerprint density at radius 3 is 2.84 bits per heavy atom. The highest BCUT2D eigenvalue weighted by Crippen LogP contribution is 2.32. The largest absolute Gasteiger partial charge is 0.505 e. The van der Waals surface area contributed by atoms with Crippen LogP contribution in [0.15, 0.2) is 33.9 Å². The molecule has 8 heteroatoms. The Labute approximate surface area is 119 Å². The van der Waals surface area contributed by atoms with E-state index in [-0.39, 0.29) is 16.5 Å². The number of aromatic amines is 1. The van der Waals surface area contributed by atoms with Crippen molar-refractivity contribution in [2.24, 2.45) is 0 Å². The maximum absolute atomic E-state index is 12.1. The predicted octanol–water partition coefficient (Wildman–Crippen LogP) is 2.24. The van der Waals surface area contributed by atoms with Gasteiger partial charge in [-0.2, -0.15) is 8.42 Å². The van der Waals surface area contributed by atoms with Gasteiger partial charge in [-0.15, -0.1) is 0 Å². The van der Waals surface area contributed by atoms with Crippen molar-refractivity contribution in [3.63, 3.8) is 0 Å². The number of aryl methyl sites for hydroxylation is 1. The third-order valence-electron chi connectivity index (χ3n) is 2.46. The molecule has 2 aromatic rings. The number of phenols is 1. The standard InChI is InChI=1S/C11H12BrN3O3S/c1-2-9-13-6-10(14-9)19(17,18)15-8-5-3-4-7(12)11(8)16/h3-6,15-16H,2H2,1H3,(H,13,14). The molecular formula is C11H12BrN3O3S. The van der Waals surface area contributed by atoms with E-state index in [4.69, 9.17) is 0 Å². The minimum absolute atomic E-state index is 0.0382. The van der Waals surface area contributed by atoms with Crippen LogP contribution in [-0.2, 0) is 16.4 Å². The smallest absolute Gasteiger partial charge is 0.279 e. The highest BCUT2D eigenvalue weighted by molar-refractivity contribution is 9.10. The summed E-state index contributed by atoms with van der Waals surface area (Å²) in [5.74, 6) is 0.417. The van der Waals surface area contributed by atoms with Crippen molar-refractivity contribution in [1.29, 1.82) is 0 Å². The first-order chi connectivity index (χ1) is 8.94. The van der Waals surface area contributed by atoms with Crippen molar-refractivity contribution in [2.75, 3.05) is 4.72 Å². The van der Waals surface area contributed by atoms with E-state index in [9.17, 15) is 13.5 Å². The summed E-state index contributed by atoms with van der Waals surface area (Å²) in [4.78, 5) is 6.64. The number of rotatable bonds is 4. The first-order valence-corrected chi connectivity index (χ1v) is 7.76. The number of aromatic nitrogens is 2. The summed E-state index contributed by atoms with van der Waals surface area (Å²) < 4.78 is 26.9. The Hall–Kier alpha value is -1.54. The summed E-state index contributed by atoms with van der Waals surface area (Å²) in [5.41, 5.74) is 0.0991. The summed E-state index contributed by atoms with van der Waals surface area (Å²) in [6.07, 6.45) is 1.86. The van der Waals surface area contributed by atoms with Crippen LogP contribution in [0.5, 0.6) is 5.75 Å². The number of phenolic OH excluding ortho intramolecular Hbond substituents is 1. The number of aromatic hydroxyl groups is 1. The lowest BCUT2D eigenvalue weighted by Gasteiger charge is -2.08. The maximum atomic E-state index is 12.1. The molecule has 0 saturated carbocycles. The van der Waals surface area contributed by atoms with Crippen LogP contribution < -0.4 is 4.72 Å². The number of para-hydroxylation sites is 1. The van der Waals surface area contributed by atoms with Gasteiger partial charge < -0.3 is 10.1 Å². The van der Waals surface area contributed by atoms with E-state index >= 15 is 0 Å². The van der Waals surface area contributed by atoms with Gasteiger partial charge in [0.2, 0.25) is 0 Å². The first kappa shape index (κ1) is 13.9. The quantitative estimate of drug-likeness (QED) is 0.740. The van der Waals surface area contributed by atoms with E-state index in [1.54, 1.807) is 12.1 Å². The zero-order chi connectivity index (χ0) is 14.0. The number of hydrogen-bond donors (Lipinski definition) is 3. The Morgan fingerprint density at radius 2 is 2.21 bits per heavy atom. The molecule has 0 aliphatic rings. The van der Waals surface area contributed by atoms with E-state index in [0.717, 1.165) is 0 Å². The van der Waals surface area contributed by atoms with Gasteiger partial charge in [0.15, 0.2) is 10.8 Å². The lowest BCUT2D eigenvalue weighted by molar-refractivity contribution is 0.474. The van der Waals surface area contributed by atoms with Gasteiger partial charge in [0, 0.05) is 6.42 Å². The summed E-state index contributed by atoms with van der Waals surface area (Å²) in [6.45, 7) is 1.86. The highest BCUT2D eigenvalue weighted by atomic mass is 79.9. The van der Waals surface area contributed by atoms with Crippen molar-refractivity contribution in [3.8, 4) is 5.75 Å². The van der Waals surface area contributed by atoms with E-state index < -0.39 is 10.0 Å². The molecule has 0 aliphatic heterocycles. The van der Waals surface area contributed by atoms with Crippen molar-refractivity contribution in [2.45, 2.75) is 18.4 Å². The number of H-pyrrole nitrogens is 1. The molecule has 1 aromatic carbocycles. The summed E-state index contributed by atoms with van der Waals surface area (Å²) in [6, 6.07) is 4.69. The fraction of sp³-hybridized carbons (Fsp3) is 0.182. The molecule has 2 rings (SSSR count). The number of anilines is 1. The third-order valence-corrected chi connectivity index (χ3v) is 4.38.